The molecule has 140 valence electrons. The van der Waals surface area contributed by atoms with E-state index in [0.717, 1.165) is 40.2 Å². The summed E-state index contributed by atoms with van der Waals surface area (Å²) in [6, 6.07) is 16.7. The maximum Gasteiger partial charge on any atom is 0.192 e. The summed E-state index contributed by atoms with van der Waals surface area (Å²) in [6.07, 6.45) is 0.895. The summed E-state index contributed by atoms with van der Waals surface area (Å²) in [5.41, 5.74) is 2.27. The van der Waals surface area contributed by atoms with Gasteiger partial charge in [-0.2, -0.15) is 0 Å². The van der Waals surface area contributed by atoms with Gasteiger partial charge in [-0.25, -0.2) is 0 Å². The number of hydrogen-bond acceptors (Lipinski definition) is 5. The quantitative estimate of drug-likeness (QED) is 0.584. The number of fused-ring (bicyclic) bond motifs is 1. The van der Waals surface area contributed by atoms with Crippen LogP contribution in [-0.2, 0) is 5.75 Å². The van der Waals surface area contributed by atoms with Gasteiger partial charge in [0.15, 0.2) is 22.5 Å². The van der Waals surface area contributed by atoms with Gasteiger partial charge in [0.05, 0.1) is 13.2 Å². The highest BCUT2D eigenvalue weighted by Crippen LogP contribution is 2.36. The van der Waals surface area contributed by atoms with Crippen LogP contribution in [0.2, 0.25) is 0 Å². The van der Waals surface area contributed by atoms with Crippen molar-refractivity contribution < 1.29 is 9.47 Å². The zero-order chi connectivity index (χ0) is 18.6. The molecule has 0 saturated carbocycles. The molecule has 0 fully saturated rings. The summed E-state index contributed by atoms with van der Waals surface area (Å²) in [6.45, 7) is 5.67. The molecular weight excluding hydrogens is 358 g/mol. The fraction of sp³-hybridized carbons (Fsp3) is 0.333. The molecule has 5 nitrogen and oxygen atoms in total. The molecule has 0 saturated heterocycles. The Labute approximate surface area is 163 Å². The van der Waals surface area contributed by atoms with E-state index in [2.05, 4.69) is 52.9 Å². The molecule has 0 amide bonds. The molecule has 2 heterocycles. The Hall–Kier alpha value is -2.47. The molecule has 3 aromatic rings. The minimum atomic E-state index is 0.254. The lowest BCUT2D eigenvalue weighted by Crippen LogP contribution is -2.05. The van der Waals surface area contributed by atoms with Gasteiger partial charge in [-0.3, -0.25) is 4.57 Å². The summed E-state index contributed by atoms with van der Waals surface area (Å²) < 4.78 is 13.8. The van der Waals surface area contributed by atoms with Crippen molar-refractivity contribution in [2.24, 2.45) is 0 Å². The predicted octanol–water partition coefficient (Wildman–Crippen LogP) is 4.98. The molecule has 4 rings (SSSR count). The van der Waals surface area contributed by atoms with Crippen LogP contribution in [0.25, 0.3) is 11.4 Å². The van der Waals surface area contributed by atoms with Crippen molar-refractivity contribution in [3.05, 3.63) is 54.1 Å². The molecule has 0 aliphatic carbocycles. The van der Waals surface area contributed by atoms with Crippen LogP contribution in [0.15, 0.2) is 53.7 Å². The van der Waals surface area contributed by atoms with Crippen LogP contribution in [-0.4, -0.2) is 28.0 Å². The molecule has 0 atom stereocenters. The fourth-order valence-electron chi connectivity index (χ4n) is 3.06. The van der Waals surface area contributed by atoms with Crippen LogP contribution >= 0.6 is 11.8 Å². The lowest BCUT2D eigenvalue weighted by Gasteiger charge is -2.15. The Bertz CT molecular complexity index is 909. The first-order valence-corrected chi connectivity index (χ1v) is 10.2. The lowest BCUT2D eigenvalue weighted by atomic mass is 10.2. The van der Waals surface area contributed by atoms with E-state index >= 15 is 0 Å². The number of hydrogen-bond donors (Lipinski definition) is 0. The highest BCUT2D eigenvalue weighted by Gasteiger charge is 2.19. The minimum Gasteiger partial charge on any atom is -0.490 e. The van der Waals surface area contributed by atoms with Crippen molar-refractivity contribution in [3.8, 4) is 22.9 Å². The molecule has 0 bridgehead atoms. The fourth-order valence-corrected chi connectivity index (χ4v) is 4.09. The number of ether oxygens (including phenoxy) is 2. The average molecular weight is 382 g/mol. The van der Waals surface area contributed by atoms with Crippen molar-refractivity contribution in [1.29, 1.82) is 0 Å². The van der Waals surface area contributed by atoms with Gasteiger partial charge in [-0.05, 0) is 37.6 Å². The maximum absolute atomic E-state index is 5.84. The smallest absolute Gasteiger partial charge is 0.192 e. The summed E-state index contributed by atoms with van der Waals surface area (Å²) in [4.78, 5) is 0. The SMILES string of the molecule is CC(C)n1c(SCc2ccccc2)nnc1-c1ccc2c(c1)OCCCO2. The van der Waals surface area contributed by atoms with E-state index in [-0.39, 0.29) is 6.04 Å². The van der Waals surface area contributed by atoms with Crippen LogP contribution < -0.4 is 9.47 Å². The molecule has 1 aromatic heterocycles. The van der Waals surface area contributed by atoms with Crippen LogP contribution in [0.4, 0.5) is 0 Å². The van der Waals surface area contributed by atoms with Gasteiger partial charge in [0.1, 0.15) is 0 Å². The number of rotatable bonds is 5. The van der Waals surface area contributed by atoms with Crippen LogP contribution in [0, 0.1) is 0 Å². The van der Waals surface area contributed by atoms with Crippen molar-refractivity contribution in [2.75, 3.05) is 13.2 Å². The molecular formula is C21H23N3O2S. The van der Waals surface area contributed by atoms with Crippen molar-refractivity contribution in [1.82, 2.24) is 14.8 Å². The molecule has 0 unspecified atom stereocenters. The van der Waals surface area contributed by atoms with Gasteiger partial charge in [-0.15, -0.1) is 10.2 Å². The van der Waals surface area contributed by atoms with Crippen LogP contribution in [0.1, 0.15) is 31.9 Å². The van der Waals surface area contributed by atoms with E-state index in [1.54, 1.807) is 11.8 Å². The third kappa shape index (κ3) is 3.95. The molecule has 1 aliphatic rings. The van der Waals surface area contributed by atoms with E-state index in [1.807, 2.05) is 24.3 Å². The molecule has 6 heteroatoms. The van der Waals surface area contributed by atoms with Gasteiger partial charge >= 0.3 is 0 Å². The second kappa shape index (κ2) is 8.05. The van der Waals surface area contributed by atoms with Crippen molar-refractivity contribution in [3.63, 3.8) is 0 Å². The molecule has 27 heavy (non-hydrogen) atoms. The standard InChI is InChI=1S/C21H23N3O2S/c1-15(2)24-20(17-9-10-18-19(13-17)26-12-6-11-25-18)22-23-21(24)27-14-16-7-4-3-5-8-16/h3-5,7-10,13,15H,6,11-12,14H2,1-2H3. The third-order valence-electron chi connectivity index (χ3n) is 4.40. The van der Waals surface area contributed by atoms with Gasteiger partial charge in [0, 0.05) is 23.8 Å². The molecule has 0 N–H and O–H groups in total. The topological polar surface area (TPSA) is 49.2 Å². The normalized spacial score (nSPS) is 13.6. The van der Waals surface area contributed by atoms with Gasteiger partial charge in [-0.1, -0.05) is 42.1 Å². The van der Waals surface area contributed by atoms with Crippen molar-refractivity contribution >= 4 is 11.8 Å². The van der Waals surface area contributed by atoms with E-state index in [0.29, 0.717) is 13.2 Å². The zero-order valence-electron chi connectivity index (χ0n) is 15.6. The number of aromatic nitrogens is 3. The first kappa shape index (κ1) is 17.9. The Morgan fingerprint density at radius 1 is 1.00 bits per heavy atom. The molecule has 2 aromatic carbocycles. The summed E-state index contributed by atoms with van der Waals surface area (Å²) >= 11 is 1.71. The minimum absolute atomic E-state index is 0.254. The summed E-state index contributed by atoms with van der Waals surface area (Å²) in [5, 5.41) is 9.88. The summed E-state index contributed by atoms with van der Waals surface area (Å²) in [5.74, 6) is 3.30. The second-order valence-corrected chi connectivity index (χ2v) is 7.70. The number of nitrogens with zero attached hydrogens (tertiary/aromatic N) is 3. The summed E-state index contributed by atoms with van der Waals surface area (Å²) in [7, 11) is 0. The van der Waals surface area contributed by atoms with Gasteiger partial charge in [0.2, 0.25) is 0 Å². The Morgan fingerprint density at radius 3 is 2.56 bits per heavy atom. The van der Waals surface area contributed by atoms with E-state index in [9.17, 15) is 0 Å². The number of thioether (sulfide) groups is 1. The second-order valence-electron chi connectivity index (χ2n) is 6.76. The Balaban J connectivity index is 1.63. The van der Waals surface area contributed by atoms with Gasteiger partial charge < -0.3 is 9.47 Å². The Kier molecular flexibility index (Phi) is 5.34. The van der Waals surface area contributed by atoms with E-state index in [1.165, 1.54) is 5.56 Å². The maximum atomic E-state index is 5.84. The van der Waals surface area contributed by atoms with Gasteiger partial charge in [0.25, 0.3) is 0 Å². The van der Waals surface area contributed by atoms with Crippen LogP contribution in [0.5, 0.6) is 11.5 Å². The third-order valence-corrected chi connectivity index (χ3v) is 5.41. The average Bonchev–Trinajstić information content (AvgIpc) is 2.98. The first-order valence-electron chi connectivity index (χ1n) is 9.24. The van der Waals surface area contributed by atoms with Crippen molar-refractivity contribution in [2.45, 2.75) is 37.2 Å². The molecule has 0 spiro atoms. The molecule has 0 radical (unpaired) electrons. The lowest BCUT2D eigenvalue weighted by molar-refractivity contribution is 0.297. The van der Waals surface area contributed by atoms with E-state index in [4.69, 9.17) is 9.47 Å². The van der Waals surface area contributed by atoms with E-state index < -0.39 is 0 Å². The highest BCUT2D eigenvalue weighted by molar-refractivity contribution is 7.98. The first-order chi connectivity index (χ1) is 13.2. The predicted molar refractivity (Wildman–Crippen MR) is 107 cm³/mol. The molecule has 1 aliphatic heterocycles. The van der Waals surface area contributed by atoms with Crippen LogP contribution in [0.3, 0.4) is 0 Å². The highest BCUT2D eigenvalue weighted by atomic mass is 32.2. The monoisotopic (exact) mass is 381 g/mol. The Morgan fingerprint density at radius 2 is 1.78 bits per heavy atom. The zero-order valence-corrected chi connectivity index (χ0v) is 16.4. The largest absolute Gasteiger partial charge is 0.490 e. The number of benzene rings is 2.